The van der Waals surface area contributed by atoms with E-state index in [-0.39, 0.29) is 11.2 Å². The third kappa shape index (κ3) is 3.67. The van der Waals surface area contributed by atoms with E-state index in [2.05, 4.69) is 10.6 Å². The van der Waals surface area contributed by atoms with Crippen molar-refractivity contribution in [3.63, 3.8) is 0 Å². The number of nitrogens with one attached hydrogen (secondary N) is 2. The van der Waals surface area contributed by atoms with Crippen molar-refractivity contribution in [1.82, 2.24) is 10.6 Å². The Hall–Kier alpha value is -0.220. The first-order chi connectivity index (χ1) is 7.86. The molecule has 0 saturated carbocycles. The number of rotatable bonds is 4. The maximum atomic E-state index is 11.8. The Bertz CT molecular complexity index is 223. The summed E-state index contributed by atoms with van der Waals surface area (Å²) in [5, 5.41) is 6.76. The molecule has 2 heterocycles. The lowest BCUT2D eigenvalue weighted by Gasteiger charge is -2.20. The van der Waals surface area contributed by atoms with Crippen molar-refractivity contribution in [2.75, 3.05) is 18.8 Å². The lowest BCUT2D eigenvalue weighted by molar-refractivity contribution is -0.120. The molecule has 92 valence electrons. The number of amides is 1. The van der Waals surface area contributed by atoms with Gasteiger partial charge in [-0.3, -0.25) is 4.79 Å². The minimum atomic E-state index is 0.227. The van der Waals surface area contributed by atoms with Crippen LogP contribution < -0.4 is 10.6 Å². The number of carbonyl (C=O) groups is 1. The van der Waals surface area contributed by atoms with Crippen LogP contribution in [0.25, 0.3) is 0 Å². The molecule has 0 aromatic rings. The third-order valence-corrected chi connectivity index (χ3v) is 4.80. The summed E-state index contributed by atoms with van der Waals surface area (Å²) in [6.45, 7) is 1.99. The average Bonchev–Trinajstić information content (AvgIpc) is 2.83. The standard InChI is InChI=1S/C12H22N2OS/c15-12(11-5-1-2-9-16-11)14-8-6-10-4-3-7-13-10/h10-11,13H,1-9H2,(H,14,15)/t10-,11?/m0/s1. The fourth-order valence-electron chi connectivity index (χ4n) is 2.43. The van der Waals surface area contributed by atoms with Crippen molar-refractivity contribution >= 4 is 17.7 Å². The topological polar surface area (TPSA) is 41.1 Å². The normalized spacial score (nSPS) is 30.2. The van der Waals surface area contributed by atoms with E-state index in [1.54, 1.807) is 0 Å². The first-order valence-electron chi connectivity index (χ1n) is 6.49. The van der Waals surface area contributed by atoms with E-state index in [1.165, 1.54) is 25.7 Å². The van der Waals surface area contributed by atoms with Gasteiger partial charge in [0.15, 0.2) is 0 Å². The quantitative estimate of drug-likeness (QED) is 0.785. The molecular formula is C12H22N2OS. The molecule has 2 rings (SSSR count). The van der Waals surface area contributed by atoms with Crippen LogP contribution in [-0.2, 0) is 4.79 Å². The van der Waals surface area contributed by atoms with Gasteiger partial charge in [-0.25, -0.2) is 0 Å². The fourth-order valence-corrected chi connectivity index (χ4v) is 3.66. The second kappa shape index (κ2) is 6.50. The smallest absolute Gasteiger partial charge is 0.233 e. The second-order valence-corrected chi connectivity index (χ2v) is 6.04. The van der Waals surface area contributed by atoms with Gasteiger partial charge in [0.05, 0.1) is 5.25 Å². The Labute approximate surface area is 102 Å². The summed E-state index contributed by atoms with van der Waals surface area (Å²) in [5.74, 6) is 1.42. The summed E-state index contributed by atoms with van der Waals surface area (Å²) >= 11 is 1.83. The number of hydrogen-bond acceptors (Lipinski definition) is 3. The molecule has 0 aromatic heterocycles. The van der Waals surface area contributed by atoms with Crippen molar-refractivity contribution in [3.05, 3.63) is 0 Å². The highest BCUT2D eigenvalue weighted by Crippen LogP contribution is 2.24. The summed E-state index contributed by atoms with van der Waals surface area (Å²) in [6.07, 6.45) is 7.21. The van der Waals surface area contributed by atoms with E-state index >= 15 is 0 Å². The molecule has 0 aliphatic carbocycles. The molecule has 0 aromatic carbocycles. The highest BCUT2D eigenvalue weighted by atomic mass is 32.2. The molecule has 0 radical (unpaired) electrons. The Kier molecular flexibility index (Phi) is 4.97. The molecule has 2 fully saturated rings. The Balaban J connectivity index is 1.59. The minimum absolute atomic E-state index is 0.227. The first-order valence-corrected chi connectivity index (χ1v) is 7.54. The van der Waals surface area contributed by atoms with Gasteiger partial charge in [-0.1, -0.05) is 6.42 Å². The number of hydrogen-bond donors (Lipinski definition) is 2. The summed E-state index contributed by atoms with van der Waals surface area (Å²) in [4.78, 5) is 11.8. The van der Waals surface area contributed by atoms with E-state index in [0.717, 1.165) is 31.7 Å². The van der Waals surface area contributed by atoms with E-state index in [1.807, 2.05) is 11.8 Å². The monoisotopic (exact) mass is 242 g/mol. The Morgan fingerprint density at radius 1 is 1.31 bits per heavy atom. The van der Waals surface area contributed by atoms with Crippen LogP contribution in [0.4, 0.5) is 0 Å². The van der Waals surface area contributed by atoms with Crippen LogP contribution in [0.3, 0.4) is 0 Å². The van der Waals surface area contributed by atoms with Gasteiger partial charge < -0.3 is 10.6 Å². The van der Waals surface area contributed by atoms with Crippen molar-refractivity contribution in [2.24, 2.45) is 0 Å². The lowest BCUT2D eigenvalue weighted by atomic mass is 10.1. The van der Waals surface area contributed by atoms with Gasteiger partial charge in [-0.05, 0) is 44.4 Å². The lowest BCUT2D eigenvalue weighted by Crippen LogP contribution is -2.36. The first kappa shape index (κ1) is 12.2. The maximum Gasteiger partial charge on any atom is 0.233 e. The molecule has 2 aliphatic heterocycles. The zero-order valence-corrected chi connectivity index (χ0v) is 10.7. The molecule has 0 spiro atoms. The van der Waals surface area contributed by atoms with Crippen molar-refractivity contribution in [2.45, 2.75) is 49.8 Å². The van der Waals surface area contributed by atoms with Gasteiger partial charge >= 0.3 is 0 Å². The summed E-state index contributed by atoms with van der Waals surface area (Å²) < 4.78 is 0. The van der Waals surface area contributed by atoms with E-state index < -0.39 is 0 Å². The van der Waals surface area contributed by atoms with Crippen LogP contribution in [0.5, 0.6) is 0 Å². The molecule has 2 atom stereocenters. The Morgan fingerprint density at radius 3 is 2.94 bits per heavy atom. The van der Waals surface area contributed by atoms with Crippen LogP contribution >= 0.6 is 11.8 Å². The van der Waals surface area contributed by atoms with Gasteiger partial charge in [0.25, 0.3) is 0 Å². The highest BCUT2D eigenvalue weighted by Gasteiger charge is 2.21. The van der Waals surface area contributed by atoms with Gasteiger partial charge in [0, 0.05) is 12.6 Å². The molecule has 1 amide bonds. The number of carbonyl (C=O) groups excluding carboxylic acids is 1. The summed E-state index contributed by atoms with van der Waals surface area (Å²) in [6, 6.07) is 0.638. The molecular weight excluding hydrogens is 220 g/mol. The average molecular weight is 242 g/mol. The largest absolute Gasteiger partial charge is 0.355 e. The molecule has 0 bridgehead atoms. The van der Waals surface area contributed by atoms with Crippen molar-refractivity contribution in [3.8, 4) is 0 Å². The zero-order valence-electron chi connectivity index (χ0n) is 9.84. The summed E-state index contributed by atoms with van der Waals surface area (Å²) in [7, 11) is 0. The molecule has 2 N–H and O–H groups in total. The molecule has 4 heteroatoms. The van der Waals surface area contributed by atoms with Crippen molar-refractivity contribution < 1.29 is 4.79 Å². The molecule has 16 heavy (non-hydrogen) atoms. The minimum Gasteiger partial charge on any atom is -0.355 e. The van der Waals surface area contributed by atoms with Crippen LogP contribution in [0.2, 0.25) is 0 Å². The number of thioether (sulfide) groups is 1. The van der Waals surface area contributed by atoms with E-state index in [4.69, 9.17) is 0 Å². The van der Waals surface area contributed by atoms with Crippen LogP contribution in [0.1, 0.15) is 38.5 Å². The van der Waals surface area contributed by atoms with Crippen LogP contribution in [0.15, 0.2) is 0 Å². The SMILES string of the molecule is O=C(NCC[C@@H]1CCCN1)C1CCCCS1. The summed E-state index contributed by atoms with van der Waals surface area (Å²) in [5.41, 5.74) is 0. The van der Waals surface area contributed by atoms with E-state index in [9.17, 15) is 4.79 Å². The fraction of sp³-hybridized carbons (Fsp3) is 0.917. The van der Waals surface area contributed by atoms with Crippen LogP contribution in [0, 0.1) is 0 Å². The van der Waals surface area contributed by atoms with Gasteiger partial charge in [0.1, 0.15) is 0 Å². The van der Waals surface area contributed by atoms with Gasteiger partial charge in [-0.15, -0.1) is 11.8 Å². The molecule has 3 nitrogen and oxygen atoms in total. The van der Waals surface area contributed by atoms with Crippen LogP contribution in [-0.4, -0.2) is 36.0 Å². The zero-order chi connectivity index (χ0) is 11.2. The second-order valence-electron chi connectivity index (χ2n) is 4.73. The van der Waals surface area contributed by atoms with Gasteiger partial charge in [-0.2, -0.15) is 0 Å². The molecule has 2 aliphatic rings. The molecule has 1 unspecified atom stereocenters. The highest BCUT2D eigenvalue weighted by molar-refractivity contribution is 8.00. The van der Waals surface area contributed by atoms with Gasteiger partial charge in [0.2, 0.25) is 5.91 Å². The predicted molar refractivity (Wildman–Crippen MR) is 68.7 cm³/mol. The Morgan fingerprint density at radius 2 is 2.25 bits per heavy atom. The predicted octanol–water partition coefficient (Wildman–Crippen LogP) is 1.53. The van der Waals surface area contributed by atoms with Crippen molar-refractivity contribution in [1.29, 1.82) is 0 Å². The maximum absolute atomic E-state index is 11.8. The third-order valence-electron chi connectivity index (χ3n) is 3.43. The molecule has 2 saturated heterocycles. The van der Waals surface area contributed by atoms with E-state index in [0.29, 0.717) is 6.04 Å².